The molecule has 1 aliphatic heterocycles. The molecule has 1 fully saturated rings. The quantitative estimate of drug-likeness (QED) is 0.776. The maximum absolute atomic E-state index is 12.1. The van der Waals surface area contributed by atoms with Crippen LogP contribution in [-0.2, 0) is 19.6 Å². The second kappa shape index (κ2) is 8.06. The van der Waals surface area contributed by atoms with Gasteiger partial charge in [-0.1, -0.05) is 12.1 Å². The molecule has 1 aromatic carbocycles. The fraction of sp³-hybridized carbons (Fsp3) is 0.562. The van der Waals surface area contributed by atoms with Gasteiger partial charge in [0.25, 0.3) is 0 Å². The lowest BCUT2D eigenvalue weighted by atomic mass is 10.1. The largest absolute Gasteiger partial charge is 0.378 e. The van der Waals surface area contributed by atoms with E-state index in [1.54, 1.807) is 24.3 Å². The molecule has 2 unspecified atom stereocenters. The van der Waals surface area contributed by atoms with Crippen molar-refractivity contribution in [1.29, 1.82) is 0 Å². The zero-order valence-corrected chi connectivity index (χ0v) is 15.1. The first-order chi connectivity index (χ1) is 11.3. The molecule has 134 valence electrons. The summed E-state index contributed by atoms with van der Waals surface area (Å²) in [5.74, 6) is -0.0597. The number of hydrogen-bond donors (Lipinski definition) is 2. The zero-order valence-electron chi connectivity index (χ0n) is 14.3. The maximum atomic E-state index is 12.1. The molecule has 1 saturated heterocycles. The van der Waals surface area contributed by atoms with Crippen molar-refractivity contribution in [3.8, 4) is 0 Å². The van der Waals surface area contributed by atoms with E-state index >= 15 is 0 Å². The molecule has 2 N–H and O–H groups in total. The van der Waals surface area contributed by atoms with Gasteiger partial charge in [-0.3, -0.25) is 4.79 Å². The van der Waals surface area contributed by atoms with Crippen molar-refractivity contribution < 1.29 is 17.9 Å². The van der Waals surface area contributed by atoms with Gasteiger partial charge in [0.2, 0.25) is 15.9 Å². The average molecular weight is 355 g/mol. The van der Waals surface area contributed by atoms with Gasteiger partial charge < -0.3 is 15.4 Å². The summed E-state index contributed by atoms with van der Waals surface area (Å²) in [6, 6.07) is 6.41. The van der Waals surface area contributed by atoms with Crippen LogP contribution in [0.15, 0.2) is 29.2 Å². The summed E-state index contributed by atoms with van der Waals surface area (Å²) in [6.45, 7) is 3.85. The van der Waals surface area contributed by atoms with Crippen LogP contribution in [0.25, 0.3) is 0 Å². The molecule has 2 rings (SSSR count). The van der Waals surface area contributed by atoms with E-state index in [0.717, 1.165) is 12.1 Å². The molecular formula is C16H25N3O4S. The van der Waals surface area contributed by atoms with Crippen molar-refractivity contribution in [2.24, 2.45) is 0 Å². The van der Waals surface area contributed by atoms with Crippen molar-refractivity contribution in [3.63, 3.8) is 0 Å². The lowest BCUT2D eigenvalue weighted by Gasteiger charge is -2.24. The normalized spacial score (nSPS) is 19.9. The monoisotopic (exact) mass is 355 g/mol. The minimum absolute atomic E-state index is 0.0403. The molecule has 8 heteroatoms. The number of carbonyl (C=O) groups is 1. The number of hydrogen-bond acceptors (Lipinski definition) is 5. The van der Waals surface area contributed by atoms with Crippen molar-refractivity contribution in [3.05, 3.63) is 29.8 Å². The van der Waals surface area contributed by atoms with Crippen molar-refractivity contribution in [1.82, 2.24) is 14.9 Å². The van der Waals surface area contributed by atoms with E-state index in [1.165, 1.54) is 18.4 Å². The lowest BCUT2D eigenvalue weighted by Crippen LogP contribution is -2.44. The number of nitrogens with one attached hydrogen (secondary N) is 2. The Kier molecular flexibility index (Phi) is 6.34. The number of rotatable bonds is 6. The molecule has 24 heavy (non-hydrogen) atoms. The Morgan fingerprint density at radius 3 is 2.58 bits per heavy atom. The summed E-state index contributed by atoms with van der Waals surface area (Å²) in [6.07, 6.45) is 0.359. The van der Waals surface area contributed by atoms with Gasteiger partial charge in [0.05, 0.1) is 24.2 Å². The van der Waals surface area contributed by atoms with E-state index in [1.807, 2.05) is 6.92 Å². The Hall–Kier alpha value is -1.48. The van der Waals surface area contributed by atoms with Gasteiger partial charge >= 0.3 is 0 Å². The van der Waals surface area contributed by atoms with Gasteiger partial charge in [-0.25, -0.2) is 12.7 Å². The van der Waals surface area contributed by atoms with Gasteiger partial charge in [0.1, 0.15) is 0 Å². The van der Waals surface area contributed by atoms with Crippen molar-refractivity contribution in [2.75, 3.05) is 33.9 Å². The van der Waals surface area contributed by atoms with E-state index < -0.39 is 10.0 Å². The Balaban J connectivity index is 1.94. The molecule has 1 amide bonds. The number of amides is 1. The zero-order chi connectivity index (χ0) is 17.7. The number of ether oxygens (including phenoxy) is 1. The van der Waals surface area contributed by atoms with Gasteiger partial charge in [0.15, 0.2) is 0 Å². The third kappa shape index (κ3) is 4.76. The first kappa shape index (κ1) is 18.9. The molecule has 2 atom stereocenters. The Morgan fingerprint density at radius 1 is 1.38 bits per heavy atom. The van der Waals surface area contributed by atoms with Crippen LogP contribution in [0, 0.1) is 0 Å². The minimum Gasteiger partial charge on any atom is -0.378 e. The molecule has 0 aromatic heterocycles. The highest BCUT2D eigenvalue weighted by Gasteiger charge is 2.20. The highest BCUT2D eigenvalue weighted by Crippen LogP contribution is 2.18. The fourth-order valence-electron chi connectivity index (χ4n) is 2.50. The molecule has 0 spiro atoms. The van der Waals surface area contributed by atoms with Crippen LogP contribution in [0.3, 0.4) is 0 Å². The summed E-state index contributed by atoms with van der Waals surface area (Å²) >= 11 is 0. The number of nitrogens with zero attached hydrogens (tertiary/aromatic N) is 1. The first-order valence-electron chi connectivity index (χ1n) is 7.93. The van der Waals surface area contributed by atoms with Gasteiger partial charge in [0, 0.05) is 33.1 Å². The molecule has 0 saturated carbocycles. The topological polar surface area (TPSA) is 87.7 Å². The van der Waals surface area contributed by atoms with Crippen LogP contribution in [0.5, 0.6) is 0 Å². The molecular weight excluding hydrogens is 330 g/mol. The smallest absolute Gasteiger partial charge is 0.242 e. The van der Waals surface area contributed by atoms with Crippen LogP contribution >= 0.6 is 0 Å². The minimum atomic E-state index is -3.44. The number of morpholine rings is 1. The van der Waals surface area contributed by atoms with E-state index in [4.69, 9.17) is 4.74 Å². The van der Waals surface area contributed by atoms with Gasteiger partial charge in [-0.05, 0) is 24.6 Å². The van der Waals surface area contributed by atoms with Gasteiger partial charge in [-0.15, -0.1) is 0 Å². The fourth-order valence-corrected chi connectivity index (χ4v) is 3.40. The van der Waals surface area contributed by atoms with Crippen LogP contribution in [0.4, 0.5) is 0 Å². The standard InChI is InChI=1S/C16H25N3O4S/c1-12(18-16(20)10-14-11-23-9-8-17-14)13-4-6-15(7-5-13)24(21,22)19(2)3/h4-7,12,14,17H,8-11H2,1-3H3,(H,18,20). The molecule has 0 aliphatic carbocycles. The maximum Gasteiger partial charge on any atom is 0.242 e. The van der Waals surface area contributed by atoms with Crippen molar-refractivity contribution >= 4 is 15.9 Å². The predicted molar refractivity (Wildman–Crippen MR) is 91.1 cm³/mol. The summed E-state index contributed by atoms with van der Waals surface area (Å²) in [7, 11) is -0.447. The summed E-state index contributed by atoms with van der Waals surface area (Å²) in [5, 5.41) is 6.17. The highest BCUT2D eigenvalue weighted by atomic mass is 32.2. The predicted octanol–water partition coefficient (Wildman–Crippen LogP) is 0.493. The Labute approximate surface area is 143 Å². The summed E-state index contributed by atoms with van der Waals surface area (Å²) in [5.41, 5.74) is 0.855. The van der Waals surface area contributed by atoms with E-state index in [9.17, 15) is 13.2 Å². The number of carbonyl (C=O) groups excluding carboxylic acids is 1. The Morgan fingerprint density at radius 2 is 2.04 bits per heavy atom. The second-order valence-corrected chi connectivity index (χ2v) is 8.23. The lowest BCUT2D eigenvalue weighted by molar-refractivity contribution is -0.122. The molecule has 1 heterocycles. The second-order valence-electron chi connectivity index (χ2n) is 6.08. The summed E-state index contributed by atoms with van der Waals surface area (Å²) < 4.78 is 30.6. The van der Waals surface area contributed by atoms with Crippen LogP contribution in [0.1, 0.15) is 24.9 Å². The molecule has 7 nitrogen and oxygen atoms in total. The van der Waals surface area contributed by atoms with E-state index in [2.05, 4.69) is 10.6 Å². The molecule has 1 aliphatic rings. The van der Waals surface area contributed by atoms with Crippen molar-refractivity contribution in [2.45, 2.75) is 30.3 Å². The van der Waals surface area contributed by atoms with Crippen LogP contribution in [0.2, 0.25) is 0 Å². The Bertz CT molecular complexity index is 652. The molecule has 0 radical (unpaired) electrons. The molecule has 0 bridgehead atoms. The summed E-state index contributed by atoms with van der Waals surface area (Å²) in [4.78, 5) is 12.3. The van der Waals surface area contributed by atoms with E-state index in [0.29, 0.717) is 19.6 Å². The third-order valence-corrected chi connectivity index (χ3v) is 5.80. The van der Waals surface area contributed by atoms with Crippen LogP contribution < -0.4 is 10.6 Å². The number of sulfonamides is 1. The number of benzene rings is 1. The molecule has 1 aromatic rings. The highest BCUT2D eigenvalue weighted by molar-refractivity contribution is 7.89. The third-order valence-electron chi connectivity index (χ3n) is 3.97. The first-order valence-corrected chi connectivity index (χ1v) is 9.37. The van der Waals surface area contributed by atoms with Crippen LogP contribution in [-0.4, -0.2) is 58.5 Å². The SMILES string of the molecule is CC(NC(=O)CC1COCCN1)c1ccc(S(=O)(=O)N(C)C)cc1. The average Bonchev–Trinajstić information content (AvgIpc) is 2.55. The van der Waals surface area contributed by atoms with E-state index in [-0.39, 0.29) is 22.9 Å². The van der Waals surface area contributed by atoms with Gasteiger partial charge in [-0.2, -0.15) is 0 Å².